The second-order valence-corrected chi connectivity index (χ2v) is 3.97. The summed E-state index contributed by atoms with van der Waals surface area (Å²) in [6.45, 7) is 1.92. The van der Waals surface area contributed by atoms with E-state index in [9.17, 15) is 4.79 Å². The van der Waals surface area contributed by atoms with E-state index in [1.165, 1.54) is 16.7 Å². The highest BCUT2D eigenvalue weighted by atomic mass is 32.1. The maximum absolute atomic E-state index is 10.7. The molecule has 0 aromatic carbocycles. The van der Waals surface area contributed by atoms with E-state index in [2.05, 4.69) is 10.1 Å². The highest BCUT2D eigenvalue weighted by molar-refractivity contribution is 7.13. The number of carbonyl (C=O) groups is 1. The molecule has 5 nitrogen and oxygen atoms in total. The molecule has 0 fully saturated rings. The second-order valence-electron chi connectivity index (χ2n) is 3.11. The van der Waals surface area contributed by atoms with Crippen molar-refractivity contribution in [3.8, 4) is 10.6 Å². The van der Waals surface area contributed by atoms with Gasteiger partial charge in [-0.05, 0) is 6.92 Å². The number of aromatic carboxylic acids is 1. The predicted octanol–water partition coefficient (Wildman–Crippen LogP) is 1.55. The van der Waals surface area contributed by atoms with Crippen LogP contribution in [-0.2, 0) is 7.05 Å². The lowest BCUT2D eigenvalue weighted by atomic mass is 10.3. The average molecular weight is 223 g/mol. The van der Waals surface area contributed by atoms with E-state index in [0.717, 1.165) is 11.3 Å². The van der Waals surface area contributed by atoms with Crippen LogP contribution in [0.4, 0.5) is 0 Å². The molecule has 2 heterocycles. The number of hydrogen-bond acceptors (Lipinski definition) is 4. The van der Waals surface area contributed by atoms with Gasteiger partial charge in [-0.2, -0.15) is 5.10 Å². The van der Waals surface area contributed by atoms with Gasteiger partial charge in [0.1, 0.15) is 5.01 Å². The molecule has 0 aliphatic carbocycles. The van der Waals surface area contributed by atoms with Crippen molar-refractivity contribution in [2.75, 3.05) is 0 Å². The lowest BCUT2D eigenvalue weighted by Crippen LogP contribution is -1.96. The quantitative estimate of drug-likeness (QED) is 0.838. The zero-order valence-corrected chi connectivity index (χ0v) is 9.08. The van der Waals surface area contributed by atoms with Crippen LogP contribution in [0.3, 0.4) is 0 Å². The van der Waals surface area contributed by atoms with Crippen LogP contribution in [0.2, 0.25) is 0 Å². The molecule has 0 saturated heterocycles. The normalized spacial score (nSPS) is 10.5. The Morgan fingerprint density at radius 1 is 1.60 bits per heavy atom. The van der Waals surface area contributed by atoms with Crippen LogP contribution in [0, 0.1) is 6.92 Å². The molecular formula is C9H9N3O2S. The summed E-state index contributed by atoms with van der Waals surface area (Å²) in [5.74, 6) is -1.00. The summed E-state index contributed by atoms with van der Waals surface area (Å²) in [5, 5.41) is 15.0. The van der Waals surface area contributed by atoms with E-state index in [4.69, 9.17) is 5.11 Å². The SMILES string of the molecule is Cc1c(-c2nc(C(=O)O)cs2)cnn1C. The van der Waals surface area contributed by atoms with Gasteiger partial charge in [0.05, 0.1) is 11.8 Å². The summed E-state index contributed by atoms with van der Waals surface area (Å²) >= 11 is 1.31. The van der Waals surface area contributed by atoms with Gasteiger partial charge in [0.2, 0.25) is 0 Å². The molecule has 0 aliphatic rings. The topological polar surface area (TPSA) is 68.0 Å². The predicted molar refractivity (Wildman–Crippen MR) is 56.0 cm³/mol. The standard InChI is InChI=1S/C9H9N3O2S/c1-5-6(3-10-12(5)2)8-11-7(4-15-8)9(13)14/h3-4H,1-2H3,(H,13,14). The second kappa shape index (κ2) is 3.47. The number of carboxylic acids is 1. The van der Waals surface area contributed by atoms with Crippen molar-refractivity contribution in [3.63, 3.8) is 0 Å². The minimum atomic E-state index is -1.00. The number of aryl methyl sites for hydroxylation is 1. The van der Waals surface area contributed by atoms with Crippen molar-refractivity contribution < 1.29 is 9.90 Å². The molecule has 2 aromatic heterocycles. The fourth-order valence-electron chi connectivity index (χ4n) is 1.20. The van der Waals surface area contributed by atoms with E-state index in [1.807, 2.05) is 14.0 Å². The molecule has 1 N–H and O–H groups in total. The van der Waals surface area contributed by atoms with Gasteiger partial charge >= 0.3 is 5.97 Å². The van der Waals surface area contributed by atoms with Crippen molar-refractivity contribution >= 4 is 17.3 Å². The Morgan fingerprint density at radius 3 is 2.80 bits per heavy atom. The van der Waals surface area contributed by atoms with E-state index >= 15 is 0 Å². The summed E-state index contributed by atoms with van der Waals surface area (Å²) in [6, 6.07) is 0. The van der Waals surface area contributed by atoms with Crippen molar-refractivity contribution in [3.05, 3.63) is 23.0 Å². The number of rotatable bonds is 2. The van der Waals surface area contributed by atoms with Crippen molar-refractivity contribution in [1.82, 2.24) is 14.8 Å². The molecule has 0 bridgehead atoms. The van der Waals surface area contributed by atoms with E-state index < -0.39 is 5.97 Å². The summed E-state index contributed by atoms with van der Waals surface area (Å²) < 4.78 is 1.73. The summed E-state index contributed by atoms with van der Waals surface area (Å²) in [4.78, 5) is 14.7. The summed E-state index contributed by atoms with van der Waals surface area (Å²) in [6.07, 6.45) is 1.69. The Morgan fingerprint density at radius 2 is 2.33 bits per heavy atom. The molecular weight excluding hydrogens is 214 g/mol. The van der Waals surface area contributed by atoms with Crippen LogP contribution >= 0.6 is 11.3 Å². The molecule has 0 spiro atoms. The zero-order chi connectivity index (χ0) is 11.0. The summed E-state index contributed by atoms with van der Waals surface area (Å²) in [7, 11) is 1.84. The zero-order valence-electron chi connectivity index (χ0n) is 8.26. The highest BCUT2D eigenvalue weighted by Gasteiger charge is 2.13. The first kappa shape index (κ1) is 9.85. The largest absolute Gasteiger partial charge is 0.476 e. The Labute approximate surface area is 90.0 Å². The maximum Gasteiger partial charge on any atom is 0.355 e. The van der Waals surface area contributed by atoms with Crippen molar-refractivity contribution in [2.45, 2.75) is 6.92 Å². The number of carboxylic acid groups (broad SMARTS) is 1. The molecule has 0 unspecified atom stereocenters. The van der Waals surface area contributed by atoms with Crippen LogP contribution in [0.25, 0.3) is 10.6 Å². The van der Waals surface area contributed by atoms with E-state index in [-0.39, 0.29) is 5.69 Å². The van der Waals surface area contributed by atoms with Gasteiger partial charge in [0.15, 0.2) is 5.69 Å². The summed E-state index contributed by atoms with van der Waals surface area (Å²) in [5.41, 5.74) is 1.94. The average Bonchev–Trinajstić information content (AvgIpc) is 2.76. The molecule has 15 heavy (non-hydrogen) atoms. The third kappa shape index (κ3) is 1.63. The first-order valence-electron chi connectivity index (χ1n) is 4.27. The minimum absolute atomic E-state index is 0.0817. The monoisotopic (exact) mass is 223 g/mol. The Balaban J connectivity index is 2.46. The van der Waals surface area contributed by atoms with Crippen molar-refractivity contribution in [1.29, 1.82) is 0 Å². The lowest BCUT2D eigenvalue weighted by Gasteiger charge is -1.95. The maximum atomic E-state index is 10.7. The highest BCUT2D eigenvalue weighted by Crippen LogP contribution is 2.26. The number of nitrogens with zero attached hydrogens (tertiary/aromatic N) is 3. The Bertz CT molecular complexity index is 515. The number of aromatic nitrogens is 3. The van der Waals surface area contributed by atoms with Crippen molar-refractivity contribution in [2.24, 2.45) is 7.05 Å². The smallest absolute Gasteiger partial charge is 0.355 e. The molecule has 0 saturated carbocycles. The van der Waals surface area contributed by atoms with Gasteiger partial charge in [0.25, 0.3) is 0 Å². The molecule has 2 aromatic rings. The number of hydrogen-bond donors (Lipinski definition) is 1. The molecule has 0 aliphatic heterocycles. The molecule has 6 heteroatoms. The molecule has 0 radical (unpaired) electrons. The fourth-order valence-corrected chi connectivity index (χ4v) is 2.06. The van der Waals surface area contributed by atoms with Crippen LogP contribution in [-0.4, -0.2) is 25.8 Å². The van der Waals surface area contributed by atoms with Gasteiger partial charge in [0, 0.05) is 18.1 Å². The first-order chi connectivity index (χ1) is 7.09. The fraction of sp³-hybridized carbons (Fsp3) is 0.222. The Hall–Kier alpha value is -1.69. The first-order valence-corrected chi connectivity index (χ1v) is 5.15. The molecule has 78 valence electrons. The third-order valence-electron chi connectivity index (χ3n) is 2.19. The van der Waals surface area contributed by atoms with Gasteiger partial charge in [-0.25, -0.2) is 9.78 Å². The minimum Gasteiger partial charge on any atom is -0.476 e. The van der Waals surface area contributed by atoms with Crippen LogP contribution in [0.1, 0.15) is 16.2 Å². The molecule has 0 amide bonds. The van der Waals surface area contributed by atoms with Crippen LogP contribution in [0.5, 0.6) is 0 Å². The van der Waals surface area contributed by atoms with Gasteiger partial charge < -0.3 is 5.11 Å². The van der Waals surface area contributed by atoms with Gasteiger partial charge in [-0.1, -0.05) is 0 Å². The van der Waals surface area contributed by atoms with Gasteiger partial charge in [-0.15, -0.1) is 11.3 Å². The van der Waals surface area contributed by atoms with Crippen LogP contribution < -0.4 is 0 Å². The lowest BCUT2D eigenvalue weighted by molar-refractivity contribution is 0.0691. The van der Waals surface area contributed by atoms with Crippen LogP contribution in [0.15, 0.2) is 11.6 Å². The molecule has 2 rings (SSSR count). The molecule has 0 atom stereocenters. The third-order valence-corrected chi connectivity index (χ3v) is 3.06. The van der Waals surface area contributed by atoms with E-state index in [1.54, 1.807) is 10.9 Å². The Kier molecular flexibility index (Phi) is 2.28. The number of thiazole rings is 1. The van der Waals surface area contributed by atoms with Gasteiger partial charge in [-0.3, -0.25) is 4.68 Å². The van der Waals surface area contributed by atoms with E-state index in [0.29, 0.717) is 5.01 Å².